The van der Waals surface area contributed by atoms with Crippen molar-refractivity contribution in [2.24, 2.45) is 0 Å². The Morgan fingerprint density at radius 2 is 2.12 bits per heavy atom. The molecule has 0 aliphatic heterocycles. The molecule has 92 valence electrons. The molecule has 1 amide bonds. The van der Waals surface area contributed by atoms with Gasteiger partial charge in [0, 0.05) is 17.1 Å². The van der Waals surface area contributed by atoms with Gasteiger partial charge in [0.25, 0.3) is 0 Å². The van der Waals surface area contributed by atoms with E-state index in [-0.39, 0.29) is 6.54 Å². The van der Waals surface area contributed by atoms with Crippen molar-refractivity contribution < 1.29 is 19.4 Å². The molecule has 0 spiro atoms. The zero-order valence-electron chi connectivity index (χ0n) is 9.41. The molecule has 6 heteroatoms. The van der Waals surface area contributed by atoms with Gasteiger partial charge in [-0.1, -0.05) is 11.6 Å². The minimum absolute atomic E-state index is 0.0513. The predicted molar refractivity (Wildman–Crippen MR) is 62.2 cm³/mol. The van der Waals surface area contributed by atoms with Gasteiger partial charge in [0.1, 0.15) is 5.75 Å². The number of carbonyl (C=O) groups is 2. The second kappa shape index (κ2) is 5.54. The van der Waals surface area contributed by atoms with Gasteiger partial charge in [-0.15, -0.1) is 0 Å². The van der Waals surface area contributed by atoms with Crippen LogP contribution in [0.3, 0.4) is 0 Å². The topological polar surface area (TPSA) is 75.6 Å². The maximum atomic E-state index is 10.9. The number of amides is 1. The highest BCUT2D eigenvalue weighted by Crippen LogP contribution is 2.27. The fraction of sp³-hybridized carbons (Fsp3) is 0.273. The predicted octanol–water partition coefficient (Wildman–Crippen LogP) is 1.36. The van der Waals surface area contributed by atoms with Crippen molar-refractivity contribution in [2.75, 3.05) is 7.11 Å². The first-order valence-electron chi connectivity index (χ1n) is 4.80. The molecule has 0 aliphatic rings. The van der Waals surface area contributed by atoms with Crippen LogP contribution in [-0.2, 0) is 16.1 Å². The average molecular weight is 258 g/mol. The molecular weight excluding hydrogens is 246 g/mol. The molecular formula is C11H12ClNO4. The summed E-state index contributed by atoms with van der Waals surface area (Å²) in [6.45, 7) is 1.86. The summed E-state index contributed by atoms with van der Waals surface area (Å²) in [7, 11) is 1.50. The Morgan fingerprint density at radius 3 is 2.65 bits per heavy atom. The number of methoxy groups -OCH3 is 1. The first kappa shape index (κ1) is 13.3. The fourth-order valence-electron chi connectivity index (χ4n) is 1.47. The quantitative estimate of drug-likeness (QED) is 0.802. The van der Waals surface area contributed by atoms with Gasteiger partial charge in [-0.25, -0.2) is 4.79 Å². The van der Waals surface area contributed by atoms with Gasteiger partial charge in [0.2, 0.25) is 0 Å². The molecule has 0 heterocycles. The van der Waals surface area contributed by atoms with Crippen LogP contribution in [0.5, 0.6) is 5.75 Å². The lowest BCUT2D eigenvalue weighted by Crippen LogP contribution is -2.30. The average Bonchev–Trinajstić information content (AvgIpc) is 2.24. The molecule has 17 heavy (non-hydrogen) atoms. The van der Waals surface area contributed by atoms with Crippen molar-refractivity contribution in [3.05, 3.63) is 28.3 Å². The van der Waals surface area contributed by atoms with Crippen molar-refractivity contribution in [3.8, 4) is 5.75 Å². The Hall–Kier alpha value is -1.75. The van der Waals surface area contributed by atoms with E-state index in [0.29, 0.717) is 16.3 Å². The molecule has 0 saturated carbocycles. The van der Waals surface area contributed by atoms with E-state index in [2.05, 4.69) is 5.32 Å². The summed E-state index contributed by atoms with van der Waals surface area (Å²) in [5.74, 6) is -2.01. The van der Waals surface area contributed by atoms with E-state index in [0.717, 1.165) is 5.56 Å². The smallest absolute Gasteiger partial charge is 0.394 e. The summed E-state index contributed by atoms with van der Waals surface area (Å²) in [5, 5.41) is 11.2. The van der Waals surface area contributed by atoms with E-state index in [1.165, 1.54) is 7.11 Å². The first-order valence-corrected chi connectivity index (χ1v) is 5.17. The second-order valence-corrected chi connectivity index (χ2v) is 3.84. The van der Waals surface area contributed by atoms with Crippen LogP contribution in [-0.4, -0.2) is 24.1 Å². The highest BCUT2D eigenvalue weighted by Gasteiger charge is 2.13. The standard InChI is InChI=1S/C11H12ClNO4/c1-6-3-8(12)4-7(9(6)17-2)5-13-10(14)11(15)16/h3-4H,5H2,1-2H3,(H,13,14)(H,15,16). The Labute approximate surface area is 103 Å². The Bertz CT molecular complexity index is 459. The molecule has 0 saturated heterocycles. The van der Waals surface area contributed by atoms with Crippen molar-refractivity contribution in [1.29, 1.82) is 0 Å². The number of carboxylic acid groups (broad SMARTS) is 1. The maximum Gasteiger partial charge on any atom is 0.394 e. The van der Waals surface area contributed by atoms with E-state index in [1.807, 2.05) is 6.92 Å². The third-order valence-corrected chi connectivity index (χ3v) is 2.37. The molecule has 0 atom stereocenters. The number of carbonyl (C=O) groups excluding carboxylic acids is 1. The van der Waals surface area contributed by atoms with E-state index < -0.39 is 11.9 Å². The molecule has 0 fully saturated rings. The van der Waals surface area contributed by atoms with E-state index in [4.69, 9.17) is 21.4 Å². The van der Waals surface area contributed by atoms with Crippen molar-refractivity contribution in [1.82, 2.24) is 5.32 Å². The Balaban J connectivity index is 2.90. The van der Waals surface area contributed by atoms with Gasteiger partial charge in [0.15, 0.2) is 0 Å². The SMILES string of the molecule is COc1c(C)cc(Cl)cc1CNC(=O)C(=O)O. The van der Waals surface area contributed by atoms with Crippen LogP contribution in [0.25, 0.3) is 0 Å². The van der Waals surface area contributed by atoms with Crippen molar-refractivity contribution >= 4 is 23.5 Å². The largest absolute Gasteiger partial charge is 0.496 e. The van der Waals surface area contributed by atoms with E-state index in [9.17, 15) is 9.59 Å². The third-order valence-electron chi connectivity index (χ3n) is 2.15. The van der Waals surface area contributed by atoms with Gasteiger partial charge < -0.3 is 15.2 Å². The van der Waals surface area contributed by atoms with Gasteiger partial charge in [-0.05, 0) is 24.6 Å². The lowest BCUT2D eigenvalue weighted by atomic mass is 10.1. The summed E-state index contributed by atoms with van der Waals surface area (Å²) < 4.78 is 5.17. The number of aliphatic carboxylic acids is 1. The normalized spacial score (nSPS) is 9.82. The third kappa shape index (κ3) is 3.35. The van der Waals surface area contributed by atoms with Crippen LogP contribution in [0.1, 0.15) is 11.1 Å². The number of benzene rings is 1. The van der Waals surface area contributed by atoms with Crippen molar-refractivity contribution in [2.45, 2.75) is 13.5 Å². The lowest BCUT2D eigenvalue weighted by molar-refractivity contribution is -0.150. The minimum Gasteiger partial charge on any atom is -0.496 e. The first-order chi connectivity index (χ1) is 7.95. The molecule has 0 radical (unpaired) electrons. The molecule has 1 aromatic carbocycles. The number of halogens is 1. The number of rotatable bonds is 3. The number of nitrogens with one attached hydrogen (secondary N) is 1. The zero-order chi connectivity index (χ0) is 13.0. The molecule has 0 aliphatic carbocycles. The van der Waals surface area contributed by atoms with Gasteiger partial charge in [0.05, 0.1) is 7.11 Å². The van der Waals surface area contributed by atoms with Gasteiger partial charge >= 0.3 is 11.9 Å². The minimum atomic E-state index is -1.53. The Morgan fingerprint density at radius 1 is 1.47 bits per heavy atom. The molecule has 1 aromatic rings. The number of carboxylic acids is 1. The summed E-state index contributed by atoms with van der Waals surface area (Å²) in [4.78, 5) is 21.2. The van der Waals surface area contributed by atoms with Crippen LogP contribution >= 0.6 is 11.6 Å². The zero-order valence-corrected chi connectivity index (χ0v) is 10.2. The molecule has 5 nitrogen and oxygen atoms in total. The van der Waals surface area contributed by atoms with Crippen LogP contribution in [0.2, 0.25) is 5.02 Å². The highest BCUT2D eigenvalue weighted by atomic mass is 35.5. The summed E-state index contributed by atoms with van der Waals surface area (Å²) in [6, 6.07) is 3.35. The van der Waals surface area contributed by atoms with Crippen LogP contribution in [0.4, 0.5) is 0 Å². The molecule has 0 bridgehead atoms. The van der Waals surface area contributed by atoms with E-state index in [1.54, 1.807) is 12.1 Å². The fourth-order valence-corrected chi connectivity index (χ4v) is 1.77. The number of ether oxygens (including phenoxy) is 1. The highest BCUT2D eigenvalue weighted by molar-refractivity contribution is 6.31. The number of hydrogen-bond acceptors (Lipinski definition) is 3. The molecule has 0 unspecified atom stereocenters. The summed E-state index contributed by atoms with van der Waals surface area (Å²) in [5.41, 5.74) is 1.45. The molecule has 2 N–H and O–H groups in total. The maximum absolute atomic E-state index is 10.9. The molecule has 1 rings (SSSR count). The molecule has 0 aromatic heterocycles. The van der Waals surface area contributed by atoms with Crippen molar-refractivity contribution in [3.63, 3.8) is 0 Å². The monoisotopic (exact) mass is 257 g/mol. The van der Waals surface area contributed by atoms with Crippen LogP contribution in [0, 0.1) is 6.92 Å². The van der Waals surface area contributed by atoms with E-state index >= 15 is 0 Å². The number of hydrogen-bond donors (Lipinski definition) is 2. The summed E-state index contributed by atoms with van der Waals surface area (Å²) in [6.07, 6.45) is 0. The number of aryl methyl sites for hydroxylation is 1. The lowest BCUT2D eigenvalue weighted by Gasteiger charge is -2.12. The van der Waals surface area contributed by atoms with Crippen LogP contribution in [0.15, 0.2) is 12.1 Å². The Kier molecular flexibility index (Phi) is 4.34. The van der Waals surface area contributed by atoms with Gasteiger partial charge in [-0.3, -0.25) is 4.79 Å². The van der Waals surface area contributed by atoms with Gasteiger partial charge in [-0.2, -0.15) is 0 Å². The summed E-state index contributed by atoms with van der Waals surface area (Å²) >= 11 is 5.87. The second-order valence-electron chi connectivity index (χ2n) is 3.40. The van der Waals surface area contributed by atoms with Crippen LogP contribution < -0.4 is 10.1 Å².